The van der Waals surface area contributed by atoms with Gasteiger partial charge in [-0.25, -0.2) is 4.98 Å². The second kappa shape index (κ2) is 7.04. The Labute approximate surface area is 151 Å². The molecule has 0 aliphatic rings. The second-order valence-electron chi connectivity index (χ2n) is 4.95. The SMILES string of the molecule is CSc1nc(-c2ccc(Cl)cc2)nn1C(=O)c1cccc([N+](=O)[O-])c1. The number of carbonyl (C=O) groups excluding carboxylic acids is 1. The third-order valence-corrected chi connectivity index (χ3v) is 4.24. The molecule has 0 atom stereocenters. The number of aromatic nitrogens is 3. The minimum absolute atomic E-state index is 0.158. The summed E-state index contributed by atoms with van der Waals surface area (Å²) in [5.74, 6) is -0.111. The van der Waals surface area contributed by atoms with E-state index in [1.807, 2.05) is 0 Å². The summed E-state index contributed by atoms with van der Waals surface area (Å²) >= 11 is 7.13. The summed E-state index contributed by atoms with van der Waals surface area (Å²) in [7, 11) is 0. The highest BCUT2D eigenvalue weighted by atomic mass is 35.5. The minimum atomic E-state index is -0.549. The van der Waals surface area contributed by atoms with Crippen LogP contribution in [0.4, 0.5) is 5.69 Å². The van der Waals surface area contributed by atoms with Gasteiger partial charge in [-0.15, -0.1) is 5.10 Å². The molecule has 0 saturated carbocycles. The van der Waals surface area contributed by atoms with Crippen LogP contribution >= 0.6 is 23.4 Å². The number of hydrogen-bond donors (Lipinski definition) is 0. The van der Waals surface area contributed by atoms with Gasteiger partial charge in [-0.3, -0.25) is 14.9 Å². The number of nitro groups is 1. The number of non-ortho nitro benzene ring substituents is 1. The highest BCUT2D eigenvalue weighted by Gasteiger charge is 2.20. The van der Waals surface area contributed by atoms with Crippen molar-refractivity contribution in [2.24, 2.45) is 0 Å². The summed E-state index contributed by atoms with van der Waals surface area (Å²) in [4.78, 5) is 27.4. The molecule has 9 heteroatoms. The first kappa shape index (κ1) is 17.1. The van der Waals surface area contributed by atoms with Crippen molar-refractivity contribution in [3.8, 4) is 11.4 Å². The molecule has 0 N–H and O–H groups in total. The number of benzene rings is 2. The molecule has 1 heterocycles. The summed E-state index contributed by atoms with van der Waals surface area (Å²) < 4.78 is 1.15. The molecule has 0 radical (unpaired) electrons. The molecular weight excluding hydrogens is 364 g/mol. The lowest BCUT2D eigenvalue weighted by Gasteiger charge is -2.02. The third kappa shape index (κ3) is 3.54. The van der Waals surface area contributed by atoms with Crippen molar-refractivity contribution >= 4 is 35.0 Å². The standard InChI is InChI=1S/C16H11ClN4O3S/c1-25-16-18-14(10-5-7-12(17)8-6-10)19-20(16)15(22)11-3-2-4-13(9-11)21(23)24/h2-9H,1H3. The van der Waals surface area contributed by atoms with Crippen LogP contribution in [0, 0.1) is 10.1 Å². The van der Waals surface area contributed by atoms with Crippen molar-refractivity contribution in [1.82, 2.24) is 14.8 Å². The van der Waals surface area contributed by atoms with Crippen LogP contribution < -0.4 is 0 Å². The molecule has 2 aromatic carbocycles. The zero-order chi connectivity index (χ0) is 18.0. The van der Waals surface area contributed by atoms with E-state index in [0.29, 0.717) is 21.6 Å². The van der Waals surface area contributed by atoms with E-state index in [0.717, 1.165) is 4.68 Å². The molecule has 0 spiro atoms. The Morgan fingerprint density at radius 1 is 1.24 bits per heavy atom. The van der Waals surface area contributed by atoms with Crippen molar-refractivity contribution in [2.75, 3.05) is 6.26 Å². The molecule has 1 aromatic heterocycles. The Balaban J connectivity index is 2.01. The molecule has 0 amide bonds. The molecule has 0 bridgehead atoms. The Morgan fingerprint density at radius 3 is 2.60 bits per heavy atom. The molecule has 7 nitrogen and oxygen atoms in total. The van der Waals surface area contributed by atoms with Gasteiger partial charge < -0.3 is 0 Å². The Bertz CT molecular complexity index is 956. The molecule has 126 valence electrons. The third-order valence-electron chi connectivity index (χ3n) is 3.36. The van der Waals surface area contributed by atoms with Crippen LogP contribution in [0.1, 0.15) is 10.4 Å². The minimum Gasteiger partial charge on any atom is -0.267 e. The van der Waals surface area contributed by atoms with E-state index >= 15 is 0 Å². The smallest absolute Gasteiger partial charge is 0.267 e. The summed E-state index contributed by atoms with van der Waals surface area (Å²) in [5, 5.41) is 16.1. The number of thioether (sulfide) groups is 1. The van der Waals surface area contributed by atoms with Crippen LogP contribution in [0.25, 0.3) is 11.4 Å². The first-order valence-corrected chi connectivity index (χ1v) is 8.66. The van der Waals surface area contributed by atoms with E-state index in [1.165, 1.54) is 36.0 Å². The van der Waals surface area contributed by atoms with E-state index < -0.39 is 10.8 Å². The van der Waals surface area contributed by atoms with Crippen molar-refractivity contribution in [1.29, 1.82) is 0 Å². The number of hydrogen-bond acceptors (Lipinski definition) is 6. The fraction of sp³-hybridized carbons (Fsp3) is 0.0625. The lowest BCUT2D eigenvalue weighted by atomic mass is 10.2. The van der Waals surface area contributed by atoms with Gasteiger partial charge in [0.1, 0.15) is 0 Å². The molecule has 0 aliphatic carbocycles. The highest BCUT2D eigenvalue weighted by Crippen LogP contribution is 2.23. The van der Waals surface area contributed by atoms with Crippen LogP contribution in [0.3, 0.4) is 0 Å². The average Bonchev–Trinajstić information content (AvgIpc) is 3.06. The van der Waals surface area contributed by atoms with Crippen LogP contribution in [-0.4, -0.2) is 31.9 Å². The summed E-state index contributed by atoms with van der Waals surface area (Å²) in [6, 6.07) is 12.4. The Kier molecular flexibility index (Phi) is 4.82. The normalized spacial score (nSPS) is 10.6. The van der Waals surface area contributed by atoms with Gasteiger partial charge in [0, 0.05) is 28.3 Å². The molecule has 25 heavy (non-hydrogen) atoms. The van der Waals surface area contributed by atoms with Gasteiger partial charge in [-0.1, -0.05) is 29.4 Å². The van der Waals surface area contributed by atoms with Gasteiger partial charge in [0.2, 0.25) is 0 Å². The number of rotatable bonds is 4. The monoisotopic (exact) mass is 374 g/mol. The lowest BCUT2D eigenvalue weighted by molar-refractivity contribution is -0.384. The van der Waals surface area contributed by atoms with Crippen LogP contribution in [0.2, 0.25) is 5.02 Å². The first-order valence-electron chi connectivity index (χ1n) is 7.06. The number of halogens is 1. The topological polar surface area (TPSA) is 90.9 Å². The first-order chi connectivity index (χ1) is 12.0. The van der Waals surface area contributed by atoms with E-state index in [9.17, 15) is 14.9 Å². The molecule has 0 saturated heterocycles. The van der Waals surface area contributed by atoms with Crippen molar-refractivity contribution in [3.05, 3.63) is 69.2 Å². The summed E-state index contributed by atoms with van der Waals surface area (Å²) in [6.07, 6.45) is 1.77. The Hall–Kier alpha value is -2.71. The average molecular weight is 375 g/mol. The maximum Gasteiger partial charge on any atom is 0.280 e. The highest BCUT2D eigenvalue weighted by molar-refractivity contribution is 7.98. The number of nitrogens with zero attached hydrogens (tertiary/aromatic N) is 4. The maximum absolute atomic E-state index is 12.7. The van der Waals surface area contributed by atoms with E-state index in [1.54, 1.807) is 30.5 Å². The van der Waals surface area contributed by atoms with E-state index in [-0.39, 0.29) is 11.3 Å². The quantitative estimate of drug-likeness (QED) is 0.390. The van der Waals surface area contributed by atoms with Gasteiger partial charge in [0.15, 0.2) is 11.0 Å². The van der Waals surface area contributed by atoms with Crippen LogP contribution in [-0.2, 0) is 0 Å². The predicted molar refractivity (Wildman–Crippen MR) is 95.1 cm³/mol. The van der Waals surface area contributed by atoms with E-state index in [4.69, 9.17) is 11.6 Å². The molecule has 3 rings (SSSR count). The van der Waals surface area contributed by atoms with Crippen molar-refractivity contribution in [2.45, 2.75) is 5.16 Å². The molecule has 3 aromatic rings. The zero-order valence-electron chi connectivity index (χ0n) is 12.9. The Morgan fingerprint density at radius 2 is 1.96 bits per heavy atom. The lowest BCUT2D eigenvalue weighted by Crippen LogP contribution is -2.15. The number of carbonyl (C=O) groups is 1. The molecule has 0 unspecified atom stereocenters. The van der Waals surface area contributed by atoms with Crippen molar-refractivity contribution < 1.29 is 9.72 Å². The second-order valence-corrected chi connectivity index (χ2v) is 6.16. The van der Waals surface area contributed by atoms with Gasteiger partial charge in [-0.05, 0) is 36.6 Å². The summed E-state index contributed by atoms with van der Waals surface area (Å²) in [5.41, 5.74) is 0.719. The predicted octanol–water partition coefficient (Wildman–Crippen LogP) is 3.92. The fourth-order valence-corrected chi connectivity index (χ4v) is 2.76. The largest absolute Gasteiger partial charge is 0.280 e. The molecule has 0 aliphatic heterocycles. The molecule has 0 fully saturated rings. The molecular formula is C16H11ClN4O3S. The van der Waals surface area contributed by atoms with Crippen molar-refractivity contribution in [3.63, 3.8) is 0 Å². The van der Waals surface area contributed by atoms with Gasteiger partial charge in [-0.2, -0.15) is 4.68 Å². The van der Waals surface area contributed by atoms with Gasteiger partial charge in [0.05, 0.1) is 4.92 Å². The van der Waals surface area contributed by atoms with E-state index in [2.05, 4.69) is 10.1 Å². The maximum atomic E-state index is 12.7. The van der Waals surface area contributed by atoms with Gasteiger partial charge in [0.25, 0.3) is 11.6 Å². The summed E-state index contributed by atoms with van der Waals surface area (Å²) in [6.45, 7) is 0. The van der Waals surface area contributed by atoms with Crippen LogP contribution in [0.15, 0.2) is 53.7 Å². The fourth-order valence-electron chi connectivity index (χ4n) is 2.16. The van der Waals surface area contributed by atoms with Gasteiger partial charge >= 0.3 is 0 Å². The zero-order valence-corrected chi connectivity index (χ0v) is 14.5. The van der Waals surface area contributed by atoms with Crippen LogP contribution in [0.5, 0.6) is 0 Å². The number of nitro benzene ring substituents is 1.